The zero-order valence-electron chi connectivity index (χ0n) is 11.1. The van der Waals surface area contributed by atoms with Gasteiger partial charge in [0.1, 0.15) is 23.7 Å². The van der Waals surface area contributed by atoms with E-state index >= 15 is 0 Å². The van der Waals surface area contributed by atoms with Gasteiger partial charge in [0.25, 0.3) is 0 Å². The SMILES string of the molecule is Brc1cccc(Nc2cc(NCc3ccco3)ncn2)c1. The van der Waals surface area contributed by atoms with Gasteiger partial charge in [-0.2, -0.15) is 0 Å². The Hall–Kier alpha value is -2.34. The topological polar surface area (TPSA) is 63.0 Å². The molecule has 0 saturated heterocycles. The molecule has 0 spiro atoms. The number of furan rings is 1. The largest absolute Gasteiger partial charge is 0.467 e. The molecule has 21 heavy (non-hydrogen) atoms. The first-order valence-electron chi connectivity index (χ1n) is 6.40. The van der Waals surface area contributed by atoms with E-state index < -0.39 is 0 Å². The third-order valence-electron chi connectivity index (χ3n) is 2.79. The fraction of sp³-hybridized carbons (Fsp3) is 0.0667. The van der Waals surface area contributed by atoms with Crippen LogP contribution in [0, 0.1) is 0 Å². The summed E-state index contributed by atoms with van der Waals surface area (Å²) in [4.78, 5) is 8.39. The molecule has 0 fully saturated rings. The van der Waals surface area contributed by atoms with Gasteiger partial charge in [0, 0.05) is 16.2 Å². The van der Waals surface area contributed by atoms with Gasteiger partial charge >= 0.3 is 0 Å². The van der Waals surface area contributed by atoms with Crippen molar-refractivity contribution in [2.45, 2.75) is 6.54 Å². The number of halogens is 1. The lowest BCUT2D eigenvalue weighted by Gasteiger charge is -2.08. The summed E-state index contributed by atoms with van der Waals surface area (Å²) in [7, 11) is 0. The maximum Gasteiger partial charge on any atom is 0.135 e. The minimum atomic E-state index is 0.584. The van der Waals surface area contributed by atoms with Crippen LogP contribution >= 0.6 is 15.9 Å². The summed E-state index contributed by atoms with van der Waals surface area (Å²) >= 11 is 3.44. The quantitative estimate of drug-likeness (QED) is 0.726. The molecule has 3 rings (SSSR count). The van der Waals surface area contributed by atoms with E-state index in [0.717, 1.165) is 27.6 Å². The molecule has 2 heterocycles. The first-order chi connectivity index (χ1) is 10.3. The molecule has 6 heteroatoms. The highest BCUT2D eigenvalue weighted by atomic mass is 79.9. The molecule has 2 N–H and O–H groups in total. The Morgan fingerprint density at radius 2 is 1.95 bits per heavy atom. The Balaban J connectivity index is 1.68. The Labute approximate surface area is 130 Å². The number of anilines is 3. The van der Waals surface area contributed by atoms with Crippen LogP contribution in [0.15, 0.2) is 63.9 Å². The molecule has 0 aliphatic carbocycles. The molecule has 0 aliphatic rings. The maximum absolute atomic E-state index is 5.27. The van der Waals surface area contributed by atoms with Crippen LogP contribution in [-0.4, -0.2) is 9.97 Å². The monoisotopic (exact) mass is 344 g/mol. The molecular formula is C15H13BrN4O. The normalized spacial score (nSPS) is 10.3. The Morgan fingerprint density at radius 3 is 2.76 bits per heavy atom. The van der Waals surface area contributed by atoms with Gasteiger partial charge in [0.05, 0.1) is 12.8 Å². The summed E-state index contributed by atoms with van der Waals surface area (Å²) in [6.45, 7) is 0.584. The van der Waals surface area contributed by atoms with E-state index in [2.05, 4.69) is 36.5 Å². The molecule has 0 unspecified atom stereocenters. The van der Waals surface area contributed by atoms with Gasteiger partial charge < -0.3 is 15.1 Å². The van der Waals surface area contributed by atoms with E-state index in [1.165, 1.54) is 6.33 Å². The standard InChI is InChI=1S/C15H13BrN4O/c16-11-3-1-4-12(7-11)20-15-8-14(18-10-19-15)17-9-13-5-2-6-21-13/h1-8,10H,9H2,(H2,17,18,19,20). The average molecular weight is 345 g/mol. The second kappa shape index (κ2) is 6.41. The molecule has 0 bridgehead atoms. The highest BCUT2D eigenvalue weighted by Gasteiger charge is 2.01. The Kier molecular flexibility index (Phi) is 4.16. The van der Waals surface area contributed by atoms with Crippen molar-refractivity contribution >= 4 is 33.3 Å². The molecule has 1 aromatic carbocycles. The minimum Gasteiger partial charge on any atom is -0.467 e. The third-order valence-corrected chi connectivity index (χ3v) is 3.28. The van der Waals surface area contributed by atoms with Crippen molar-refractivity contribution in [2.24, 2.45) is 0 Å². The van der Waals surface area contributed by atoms with Crippen molar-refractivity contribution < 1.29 is 4.42 Å². The summed E-state index contributed by atoms with van der Waals surface area (Å²) in [5.41, 5.74) is 0.958. The van der Waals surface area contributed by atoms with Crippen molar-refractivity contribution in [3.05, 3.63) is 65.3 Å². The lowest BCUT2D eigenvalue weighted by atomic mass is 10.3. The Morgan fingerprint density at radius 1 is 1.05 bits per heavy atom. The van der Waals surface area contributed by atoms with E-state index in [-0.39, 0.29) is 0 Å². The van der Waals surface area contributed by atoms with Crippen molar-refractivity contribution in [1.29, 1.82) is 0 Å². The second-order valence-electron chi connectivity index (χ2n) is 4.36. The van der Waals surface area contributed by atoms with Gasteiger partial charge in [-0.15, -0.1) is 0 Å². The second-order valence-corrected chi connectivity index (χ2v) is 5.27. The molecule has 0 saturated carbocycles. The van der Waals surface area contributed by atoms with E-state index in [1.54, 1.807) is 6.26 Å². The van der Waals surface area contributed by atoms with Crippen LogP contribution in [0.3, 0.4) is 0 Å². The molecule has 2 aromatic heterocycles. The molecular weight excluding hydrogens is 332 g/mol. The smallest absolute Gasteiger partial charge is 0.135 e. The van der Waals surface area contributed by atoms with Crippen LogP contribution in [-0.2, 0) is 6.54 Å². The van der Waals surface area contributed by atoms with Crippen LogP contribution in [0.4, 0.5) is 17.3 Å². The van der Waals surface area contributed by atoms with Crippen molar-refractivity contribution in [1.82, 2.24) is 9.97 Å². The van der Waals surface area contributed by atoms with Gasteiger partial charge in [0.2, 0.25) is 0 Å². The zero-order valence-corrected chi connectivity index (χ0v) is 12.7. The highest BCUT2D eigenvalue weighted by molar-refractivity contribution is 9.10. The highest BCUT2D eigenvalue weighted by Crippen LogP contribution is 2.20. The third kappa shape index (κ3) is 3.82. The number of nitrogens with zero attached hydrogens (tertiary/aromatic N) is 2. The number of hydrogen-bond donors (Lipinski definition) is 2. The lowest BCUT2D eigenvalue weighted by Crippen LogP contribution is -2.02. The molecule has 5 nitrogen and oxygen atoms in total. The molecule has 3 aromatic rings. The van der Waals surface area contributed by atoms with E-state index in [4.69, 9.17) is 4.42 Å². The van der Waals surface area contributed by atoms with Gasteiger partial charge in [0.15, 0.2) is 0 Å². The fourth-order valence-corrected chi connectivity index (χ4v) is 2.23. The molecule has 0 aliphatic heterocycles. The predicted octanol–water partition coefficient (Wildman–Crippen LogP) is 4.19. The lowest BCUT2D eigenvalue weighted by molar-refractivity contribution is 0.518. The summed E-state index contributed by atoms with van der Waals surface area (Å²) < 4.78 is 6.28. The molecule has 0 atom stereocenters. The maximum atomic E-state index is 5.27. The first-order valence-corrected chi connectivity index (χ1v) is 7.20. The first kappa shape index (κ1) is 13.6. The number of hydrogen-bond acceptors (Lipinski definition) is 5. The van der Waals surface area contributed by atoms with Crippen molar-refractivity contribution in [3.8, 4) is 0 Å². The number of rotatable bonds is 5. The van der Waals surface area contributed by atoms with Crippen molar-refractivity contribution in [2.75, 3.05) is 10.6 Å². The summed E-state index contributed by atoms with van der Waals surface area (Å²) in [5, 5.41) is 6.42. The van der Waals surface area contributed by atoms with E-state index in [0.29, 0.717) is 6.54 Å². The number of aromatic nitrogens is 2. The van der Waals surface area contributed by atoms with E-state index in [1.807, 2.05) is 42.5 Å². The molecule has 0 radical (unpaired) electrons. The summed E-state index contributed by atoms with van der Waals surface area (Å²) in [6.07, 6.45) is 3.17. The van der Waals surface area contributed by atoms with Gasteiger partial charge in [-0.05, 0) is 30.3 Å². The van der Waals surface area contributed by atoms with Crippen LogP contribution in [0.5, 0.6) is 0 Å². The zero-order chi connectivity index (χ0) is 14.5. The number of benzene rings is 1. The predicted molar refractivity (Wildman–Crippen MR) is 85.5 cm³/mol. The average Bonchev–Trinajstić information content (AvgIpc) is 2.99. The van der Waals surface area contributed by atoms with Crippen LogP contribution in [0.25, 0.3) is 0 Å². The number of nitrogens with one attached hydrogen (secondary N) is 2. The van der Waals surface area contributed by atoms with Gasteiger partial charge in [-0.3, -0.25) is 0 Å². The van der Waals surface area contributed by atoms with Crippen LogP contribution in [0.1, 0.15) is 5.76 Å². The van der Waals surface area contributed by atoms with Crippen LogP contribution < -0.4 is 10.6 Å². The van der Waals surface area contributed by atoms with Crippen molar-refractivity contribution in [3.63, 3.8) is 0 Å². The Bertz CT molecular complexity index is 715. The summed E-state index contributed by atoms with van der Waals surface area (Å²) in [6, 6.07) is 13.5. The summed E-state index contributed by atoms with van der Waals surface area (Å²) in [5.74, 6) is 2.32. The molecule has 106 valence electrons. The van der Waals surface area contributed by atoms with E-state index in [9.17, 15) is 0 Å². The van der Waals surface area contributed by atoms with Gasteiger partial charge in [-0.25, -0.2) is 9.97 Å². The molecule has 0 amide bonds. The fourth-order valence-electron chi connectivity index (χ4n) is 1.83. The van der Waals surface area contributed by atoms with Gasteiger partial charge in [-0.1, -0.05) is 22.0 Å². The minimum absolute atomic E-state index is 0.584. The van der Waals surface area contributed by atoms with Crippen LogP contribution in [0.2, 0.25) is 0 Å².